The zero-order valence-electron chi connectivity index (χ0n) is 41.4. The summed E-state index contributed by atoms with van der Waals surface area (Å²) < 4.78 is 5.87. The number of aliphatic hydroxyl groups excluding tert-OH is 2. The Labute approximate surface area is 390 Å². The number of unbranched alkanes of at least 4 members (excludes halogenated alkanes) is 25. The fraction of sp³-hybridized carbons (Fsp3) is 0.754. The van der Waals surface area contributed by atoms with Crippen LogP contribution in [-0.4, -0.2) is 46.9 Å². The average molecular weight is 880 g/mol. The fourth-order valence-electron chi connectivity index (χ4n) is 7.69. The molecule has 0 radical (unpaired) electrons. The lowest BCUT2D eigenvalue weighted by Crippen LogP contribution is -2.46. The van der Waals surface area contributed by atoms with E-state index in [2.05, 4.69) is 92.9 Å². The molecule has 0 saturated heterocycles. The van der Waals surface area contributed by atoms with E-state index in [0.29, 0.717) is 19.3 Å². The third kappa shape index (κ3) is 45.7. The first kappa shape index (κ1) is 60.3. The summed E-state index contributed by atoms with van der Waals surface area (Å²) >= 11 is 0. The summed E-state index contributed by atoms with van der Waals surface area (Å²) in [5.41, 5.74) is 0. The van der Waals surface area contributed by atoms with Gasteiger partial charge in [-0.25, -0.2) is 0 Å². The summed E-state index contributed by atoms with van der Waals surface area (Å²) in [6, 6.07) is -0.736. The van der Waals surface area contributed by atoms with Gasteiger partial charge in [-0.3, -0.25) is 9.59 Å². The SMILES string of the molecule is CCCCC/C=C\C/C=C\C/C=C\C/C=C\CC(CC(=O)NC(CO)C(O)CCCCCCCCCCCCCCCC)OC(=O)CCCCCCCC/C=C/C=C/CCCCC. The summed E-state index contributed by atoms with van der Waals surface area (Å²) in [5.74, 6) is -0.589. The van der Waals surface area contributed by atoms with Gasteiger partial charge >= 0.3 is 5.97 Å². The van der Waals surface area contributed by atoms with Crippen molar-refractivity contribution in [3.05, 3.63) is 72.9 Å². The number of hydrogen-bond donors (Lipinski definition) is 3. The van der Waals surface area contributed by atoms with Gasteiger partial charge in [-0.2, -0.15) is 0 Å². The number of ether oxygens (including phenoxy) is 1. The van der Waals surface area contributed by atoms with Crippen LogP contribution in [0.25, 0.3) is 0 Å². The molecular formula is C57H101NO5. The van der Waals surface area contributed by atoms with Gasteiger partial charge in [-0.15, -0.1) is 0 Å². The van der Waals surface area contributed by atoms with E-state index in [1.54, 1.807) is 0 Å². The van der Waals surface area contributed by atoms with Crippen molar-refractivity contribution in [1.29, 1.82) is 0 Å². The second kappa shape index (κ2) is 50.3. The highest BCUT2D eigenvalue weighted by molar-refractivity contribution is 5.77. The predicted octanol–water partition coefficient (Wildman–Crippen LogP) is 16.2. The van der Waals surface area contributed by atoms with Crippen molar-refractivity contribution in [2.24, 2.45) is 0 Å². The van der Waals surface area contributed by atoms with Crippen molar-refractivity contribution in [1.82, 2.24) is 5.32 Å². The molecule has 63 heavy (non-hydrogen) atoms. The van der Waals surface area contributed by atoms with Crippen molar-refractivity contribution >= 4 is 11.9 Å². The van der Waals surface area contributed by atoms with Crippen LogP contribution in [-0.2, 0) is 14.3 Å². The number of nitrogens with one attached hydrogen (secondary N) is 1. The number of amides is 1. The number of allylic oxidation sites excluding steroid dienone is 11. The zero-order chi connectivity index (χ0) is 45.9. The van der Waals surface area contributed by atoms with Gasteiger partial charge in [-0.1, -0.05) is 235 Å². The quantitative estimate of drug-likeness (QED) is 0.0245. The third-order valence-electron chi connectivity index (χ3n) is 11.8. The summed E-state index contributed by atoms with van der Waals surface area (Å²) in [4.78, 5) is 26.1. The minimum Gasteiger partial charge on any atom is -0.461 e. The summed E-state index contributed by atoms with van der Waals surface area (Å²) in [5, 5.41) is 23.8. The smallest absolute Gasteiger partial charge is 0.306 e. The molecule has 0 bridgehead atoms. The van der Waals surface area contributed by atoms with Crippen LogP contribution in [0.15, 0.2) is 72.9 Å². The lowest BCUT2D eigenvalue weighted by atomic mass is 10.0. The monoisotopic (exact) mass is 880 g/mol. The molecule has 6 nitrogen and oxygen atoms in total. The highest BCUT2D eigenvalue weighted by Crippen LogP contribution is 2.16. The molecule has 364 valence electrons. The van der Waals surface area contributed by atoms with E-state index in [0.717, 1.165) is 64.2 Å². The molecule has 3 atom stereocenters. The second-order valence-corrected chi connectivity index (χ2v) is 18.0. The maximum absolute atomic E-state index is 13.2. The van der Waals surface area contributed by atoms with Crippen molar-refractivity contribution in [2.45, 2.75) is 270 Å². The number of esters is 1. The van der Waals surface area contributed by atoms with E-state index in [4.69, 9.17) is 4.74 Å². The van der Waals surface area contributed by atoms with Crippen LogP contribution >= 0.6 is 0 Å². The molecule has 0 aromatic heterocycles. The average Bonchev–Trinajstić information content (AvgIpc) is 3.28. The Morgan fingerprint density at radius 3 is 1.40 bits per heavy atom. The van der Waals surface area contributed by atoms with Crippen molar-refractivity contribution < 1.29 is 24.5 Å². The maximum atomic E-state index is 13.2. The topological polar surface area (TPSA) is 95.9 Å². The molecule has 0 aromatic rings. The normalized spacial score (nSPS) is 13.8. The van der Waals surface area contributed by atoms with E-state index in [1.165, 1.54) is 141 Å². The van der Waals surface area contributed by atoms with Crippen LogP contribution in [0.1, 0.15) is 252 Å². The number of rotatable bonds is 47. The molecule has 0 saturated carbocycles. The van der Waals surface area contributed by atoms with Crippen LogP contribution in [0.2, 0.25) is 0 Å². The Morgan fingerprint density at radius 1 is 0.492 bits per heavy atom. The van der Waals surface area contributed by atoms with Crippen LogP contribution in [0.5, 0.6) is 0 Å². The molecular weight excluding hydrogens is 779 g/mol. The molecule has 0 aromatic carbocycles. The Bertz CT molecular complexity index is 1170. The van der Waals surface area contributed by atoms with Gasteiger partial charge in [0.2, 0.25) is 5.91 Å². The molecule has 3 unspecified atom stereocenters. The molecule has 1 amide bonds. The van der Waals surface area contributed by atoms with E-state index in [-0.39, 0.29) is 24.9 Å². The first-order valence-corrected chi connectivity index (χ1v) is 26.7. The van der Waals surface area contributed by atoms with E-state index < -0.39 is 18.2 Å². The van der Waals surface area contributed by atoms with Crippen molar-refractivity contribution in [3.8, 4) is 0 Å². The maximum Gasteiger partial charge on any atom is 0.306 e. The molecule has 3 N–H and O–H groups in total. The van der Waals surface area contributed by atoms with Gasteiger partial charge in [0.25, 0.3) is 0 Å². The van der Waals surface area contributed by atoms with E-state index in [9.17, 15) is 19.8 Å². The van der Waals surface area contributed by atoms with Crippen LogP contribution < -0.4 is 5.32 Å². The largest absolute Gasteiger partial charge is 0.461 e. The second-order valence-electron chi connectivity index (χ2n) is 18.0. The number of carbonyl (C=O) groups is 2. The Morgan fingerprint density at radius 2 is 0.889 bits per heavy atom. The van der Waals surface area contributed by atoms with E-state index >= 15 is 0 Å². The number of aliphatic hydroxyl groups is 2. The summed E-state index contributed by atoms with van der Waals surface area (Å²) in [6.45, 7) is 6.40. The molecule has 0 rings (SSSR count). The molecule has 0 spiro atoms. The van der Waals surface area contributed by atoms with Gasteiger partial charge in [0.05, 0.1) is 25.2 Å². The van der Waals surface area contributed by atoms with Crippen LogP contribution in [0, 0.1) is 0 Å². The Balaban J connectivity index is 4.72. The predicted molar refractivity (Wildman–Crippen MR) is 273 cm³/mol. The van der Waals surface area contributed by atoms with Crippen molar-refractivity contribution in [3.63, 3.8) is 0 Å². The molecule has 6 heteroatoms. The molecule has 0 aliphatic heterocycles. The molecule has 0 heterocycles. The minimum atomic E-state index is -0.815. The third-order valence-corrected chi connectivity index (χ3v) is 11.8. The highest BCUT2D eigenvalue weighted by atomic mass is 16.5. The summed E-state index contributed by atoms with van der Waals surface area (Å²) in [6.07, 6.45) is 64.0. The van der Waals surface area contributed by atoms with Crippen molar-refractivity contribution in [2.75, 3.05) is 6.61 Å². The van der Waals surface area contributed by atoms with Gasteiger partial charge in [-0.05, 0) is 70.6 Å². The molecule has 0 aliphatic carbocycles. The van der Waals surface area contributed by atoms with Gasteiger partial charge in [0.1, 0.15) is 6.10 Å². The first-order chi connectivity index (χ1) is 31.0. The first-order valence-electron chi connectivity index (χ1n) is 26.7. The summed E-state index contributed by atoms with van der Waals surface area (Å²) in [7, 11) is 0. The molecule has 0 fully saturated rings. The Hall–Kier alpha value is -2.70. The number of hydrogen-bond acceptors (Lipinski definition) is 5. The fourth-order valence-corrected chi connectivity index (χ4v) is 7.69. The zero-order valence-corrected chi connectivity index (χ0v) is 41.4. The highest BCUT2D eigenvalue weighted by Gasteiger charge is 2.23. The van der Waals surface area contributed by atoms with E-state index in [1.807, 2.05) is 6.08 Å². The van der Waals surface area contributed by atoms with Crippen LogP contribution in [0.3, 0.4) is 0 Å². The van der Waals surface area contributed by atoms with Gasteiger partial charge < -0.3 is 20.3 Å². The minimum absolute atomic E-state index is 0.00502. The Kier molecular flexibility index (Phi) is 48.1. The standard InChI is InChI=1S/C57H101NO5/c1-4-7-10-13-16-19-22-25-28-30-33-36-39-42-45-48-53(63-57(62)50-47-44-41-38-35-32-29-26-23-20-17-14-11-8-5-2)51-56(61)58-54(52-59)55(60)49-46-43-40-37-34-31-27-24-21-18-15-12-9-6-3/h16-17,19-20,23,25-26,28,33,36,42,45,53-55,59-60H,4-15,18,21-22,24,27,29-32,34-35,37-41,43-44,46-52H2,1-3H3,(H,58,61)/b19-16-,20-17+,26-23+,28-25-,36-33-,45-42-. The number of carbonyl (C=O) groups excluding carboxylic acids is 2. The lowest BCUT2D eigenvalue weighted by Gasteiger charge is -2.24. The van der Waals surface area contributed by atoms with Gasteiger partial charge in [0, 0.05) is 12.8 Å². The lowest BCUT2D eigenvalue weighted by molar-refractivity contribution is -0.150. The van der Waals surface area contributed by atoms with Crippen LogP contribution in [0.4, 0.5) is 0 Å². The van der Waals surface area contributed by atoms with Gasteiger partial charge in [0.15, 0.2) is 0 Å². The molecule has 0 aliphatic rings.